The Morgan fingerprint density at radius 2 is 1.32 bits per heavy atom. The summed E-state index contributed by atoms with van der Waals surface area (Å²) in [6, 6.07) is 11.2. The number of amides is 1. The summed E-state index contributed by atoms with van der Waals surface area (Å²) >= 11 is 5.25. The number of nitrogens with zero attached hydrogens (tertiary/aromatic N) is 3. The predicted octanol–water partition coefficient (Wildman–Crippen LogP) is 5.50. The molecule has 0 atom stereocenters. The molecular weight excluding hydrogens is 511 g/mol. The molecule has 5 rings (SSSR count). The normalized spacial score (nSPS) is 16.9. The molecule has 5 nitrogen and oxygen atoms in total. The zero-order valence-corrected chi connectivity index (χ0v) is 20.4. The lowest BCUT2D eigenvalue weighted by molar-refractivity contribution is 0.0599. The molecule has 1 N–H and O–H groups in total. The van der Waals surface area contributed by atoms with Gasteiger partial charge in [-0.1, -0.05) is 12.1 Å². The summed E-state index contributed by atoms with van der Waals surface area (Å²) in [5, 5.41) is 2.10. The molecule has 0 aliphatic carbocycles. The van der Waals surface area contributed by atoms with E-state index in [2.05, 4.69) is 5.32 Å². The van der Waals surface area contributed by atoms with E-state index in [1.165, 1.54) is 0 Å². The number of carbonyl (C=O) groups excluding carboxylic acids is 1. The fourth-order valence-electron chi connectivity index (χ4n) is 5.15. The Balaban J connectivity index is 1.24. The highest BCUT2D eigenvalue weighted by atomic mass is 32.1. The summed E-state index contributed by atoms with van der Waals surface area (Å²) in [4.78, 5) is 16.8. The van der Waals surface area contributed by atoms with Gasteiger partial charge in [0.15, 0.2) is 28.4 Å². The monoisotopic (exact) mass is 534 g/mol. The number of hydrogen-bond donors (Lipinski definition) is 1. The number of carbonyl (C=O) groups is 1. The van der Waals surface area contributed by atoms with Gasteiger partial charge in [0.25, 0.3) is 5.91 Å². The number of rotatable bonds is 3. The van der Waals surface area contributed by atoms with Gasteiger partial charge in [-0.3, -0.25) is 4.79 Å². The van der Waals surface area contributed by atoms with Crippen LogP contribution in [0.2, 0.25) is 0 Å². The molecule has 2 aromatic carbocycles. The highest BCUT2D eigenvalue weighted by Crippen LogP contribution is 2.41. The first-order valence-corrected chi connectivity index (χ1v) is 12.2. The minimum Gasteiger partial charge on any atom is -0.348 e. The maximum atomic E-state index is 14.1. The first-order valence-electron chi connectivity index (χ1n) is 11.8. The Kier molecular flexibility index (Phi) is 6.65. The molecule has 0 radical (unpaired) electrons. The molecule has 11 heteroatoms. The molecule has 0 unspecified atom stereocenters. The average Bonchev–Trinajstić information content (AvgIpc) is 3.60. The Labute approximate surface area is 215 Å². The average molecular weight is 535 g/mol. The summed E-state index contributed by atoms with van der Waals surface area (Å²) in [5.74, 6) is -10.3. The molecule has 1 spiro atoms. The highest BCUT2D eigenvalue weighted by Gasteiger charge is 2.42. The van der Waals surface area contributed by atoms with Gasteiger partial charge in [0.1, 0.15) is 5.69 Å². The van der Waals surface area contributed by atoms with Crippen molar-refractivity contribution >= 4 is 28.9 Å². The highest BCUT2D eigenvalue weighted by molar-refractivity contribution is 7.80. The van der Waals surface area contributed by atoms with E-state index in [-0.39, 0.29) is 16.4 Å². The van der Waals surface area contributed by atoms with E-state index in [1.54, 1.807) is 4.90 Å². The molecule has 3 heterocycles. The fourth-order valence-corrected chi connectivity index (χ4v) is 5.40. The molecule has 2 saturated heterocycles. The van der Waals surface area contributed by atoms with Gasteiger partial charge in [0.2, 0.25) is 5.82 Å². The lowest BCUT2D eigenvalue weighted by Crippen LogP contribution is -2.45. The smallest absolute Gasteiger partial charge is 0.255 e. The van der Waals surface area contributed by atoms with Crippen LogP contribution < -0.4 is 5.32 Å². The molecule has 1 amide bonds. The van der Waals surface area contributed by atoms with Crippen LogP contribution in [0.4, 0.5) is 27.6 Å². The van der Waals surface area contributed by atoms with Crippen LogP contribution in [0.25, 0.3) is 5.69 Å². The van der Waals surface area contributed by atoms with Crippen LogP contribution in [-0.2, 0) is 0 Å². The molecular formula is C26H23F5N4OS. The van der Waals surface area contributed by atoms with Gasteiger partial charge in [-0.2, -0.15) is 0 Å². The minimum atomic E-state index is -2.22. The van der Waals surface area contributed by atoms with E-state index in [0.717, 1.165) is 12.1 Å². The SMILES string of the molecule is O=C(c1ccccc1-n1cccc1)N1CCC2(CC1)CCN(C(=S)Nc1c(F)c(F)c(F)c(F)c1F)C2. The van der Waals surface area contributed by atoms with Crippen LogP contribution in [0.1, 0.15) is 29.6 Å². The van der Waals surface area contributed by atoms with Crippen LogP contribution in [-0.4, -0.2) is 51.6 Å². The molecule has 2 aliphatic heterocycles. The van der Waals surface area contributed by atoms with Crippen LogP contribution in [0.5, 0.6) is 0 Å². The number of para-hydroxylation sites is 1. The number of piperidine rings is 1. The van der Waals surface area contributed by atoms with Crippen molar-refractivity contribution in [1.29, 1.82) is 0 Å². The van der Waals surface area contributed by atoms with Crippen molar-refractivity contribution in [2.75, 3.05) is 31.5 Å². The number of thiocarbonyl (C=S) groups is 1. The lowest BCUT2D eigenvalue weighted by Gasteiger charge is -2.39. The third-order valence-corrected chi connectivity index (χ3v) is 7.66. The summed E-state index contributed by atoms with van der Waals surface area (Å²) in [6.07, 6.45) is 5.90. The summed E-state index contributed by atoms with van der Waals surface area (Å²) in [5.41, 5.74) is 0.0770. The molecule has 2 fully saturated rings. The van der Waals surface area contributed by atoms with Crippen molar-refractivity contribution in [2.24, 2.45) is 5.41 Å². The fraction of sp³-hybridized carbons (Fsp3) is 0.308. The first kappa shape index (κ1) is 25.2. The number of halogens is 5. The van der Waals surface area contributed by atoms with E-state index in [1.807, 2.05) is 58.3 Å². The first-order chi connectivity index (χ1) is 17.7. The van der Waals surface area contributed by atoms with Crippen molar-refractivity contribution in [1.82, 2.24) is 14.4 Å². The zero-order valence-electron chi connectivity index (χ0n) is 19.6. The molecule has 37 heavy (non-hydrogen) atoms. The Bertz CT molecular complexity index is 1330. The van der Waals surface area contributed by atoms with Gasteiger partial charge < -0.3 is 19.7 Å². The summed E-state index contributed by atoms with van der Waals surface area (Å²) < 4.78 is 70.5. The standard InChI is InChI=1S/C26H23F5N4OS/c27-18-19(28)21(30)23(22(31)20(18)29)32-25(37)35-14-9-26(15-35)7-12-34(13-8-26)24(36)16-5-1-2-6-17(16)33-10-3-4-11-33/h1-6,10-11H,7-9,12-15H2,(H,32,37). The van der Waals surface area contributed by atoms with Crippen molar-refractivity contribution in [3.05, 3.63) is 83.4 Å². The molecule has 194 valence electrons. The molecule has 0 saturated carbocycles. The molecule has 2 aliphatic rings. The van der Waals surface area contributed by atoms with Crippen LogP contribution in [0, 0.1) is 34.5 Å². The van der Waals surface area contributed by atoms with Gasteiger partial charge in [0.05, 0.1) is 11.3 Å². The lowest BCUT2D eigenvalue weighted by atomic mass is 9.77. The zero-order chi connectivity index (χ0) is 26.3. The van der Waals surface area contributed by atoms with Gasteiger partial charge in [-0.15, -0.1) is 0 Å². The maximum Gasteiger partial charge on any atom is 0.255 e. The van der Waals surface area contributed by atoms with Gasteiger partial charge >= 0.3 is 0 Å². The molecule has 0 bridgehead atoms. The van der Waals surface area contributed by atoms with Gasteiger partial charge in [-0.25, -0.2) is 22.0 Å². The number of hydrogen-bond acceptors (Lipinski definition) is 2. The largest absolute Gasteiger partial charge is 0.348 e. The van der Waals surface area contributed by atoms with Crippen molar-refractivity contribution in [3.63, 3.8) is 0 Å². The van der Waals surface area contributed by atoms with Gasteiger partial charge in [-0.05, 0) is 61.2 Å². The van der Waals surface area contributed by atoms with E-state index in [4.69, 9.17) is 12.2 Å². The molecule has 3 aromatic rings. The third kappa shape index (κ3) is 4.56. The van der Waals surface area contributed by atoms with E-state index in [0.29, 0.717) is 44.6 Å². The Hall–Kier alpha value is -3.47. The predicted molar refractivity (Wildman–Crippen MR) is 132 cm³/mol. The quantitative estimate of drug-likeness (QED) is 0.209. The molecule has 1 aromatic heterocycles. The van der Waals surface area contributed by atoms with Crippen LogP contribution in [0.15, 0.2) is 48.8 Å². The second-order valence-corrected chi connectivity index (χ2v) is 9.83. The number of nitrogens with one attached hydrogen (secondary N) is 1. The number of anilines is 1. The minimum absolute atomic E-state index is 0.0579. The maximum absolute atomic E-state index is 14.1. The van der Waals surface area contributed by atoms with Crippen molar-refractivity contribution < 1.29 is 26.7 Å². The van der Waals surface area contributed by atoms with Crippen LogP contribution >= 0.6 is 12.2 Å². The van der Waals surface area contributed by atoms with Gasteiger partial charge in [0, 0.05) is 38.6 Å². The van der Waals surface area contributed by atoms with E-state index >= 15 is 0 Å². The Morgan fingerprint density at radius 3 is 1.95 bits per heavy atom. The van der Waals surface area contributed by atoms with E-state index < -0.39 is 34.8 Å². The Morgan fingerprint density at radius 1 is 0.784 bits per heavy atom. The number of aromatic nitrogens is 1. The van der Waals surface area contributed by atoms with Crippen LogP contribution in [0.3, 0.4) is 0 Å². The number of likely N-dealkylation sites (tertiary alicyclic amines) is 2. The van der Waals surface area contributed by atoms with Crippen molar-refractivity contribution in [2.45, 2.75) is 19.3 Å². The topological polar surface area (TPSA) is 40.5 Å². The van der Waals surface area contributed by atoms with Crippen molar-refractivity contribution in [3.8, 4) is 5.69 Å². The second kappa shape index (κ2) is 9.77. The number of benzene rings is 2. The van der Waals surface area contributed by atoms with E-state index in [9.17, 15) is 26.7 Å². The second-order valence-electron chi connectivity index (χ2n) is 9.45. The summed E-state index contributed by atoms with van der Waals surface area (Å²) in [7, 11) is 0. The third-order valence-electron chi connectivity index (χ3n) is 7.30. The summed E-state index contributed by atoms with van der Waals surface area (Å²) in [6.45, 7) is 1.98.